The van der Waals surface area contributed by atoms with Crippen LogP contribution in [0, 0.1) is 5.92 Å². The number of alkyl carbamates (subject to hydrolysis) is 1. The van der Waals surface area contributed by atoms with Crippen molar-refractivity contribution in [2.24, 2.45) is 5.92 Å². The highest BCUT2D eigenvalue weighted by Gasteiger charge is 2.55. The van der Waals surface area contributed by atoms with Gasteiger partial charge >= 0.3 is 6.09 Å². The van der Waals surface area contributed by atoms with Crippen molar-refractivity contribution in [3.8, 4) is 0 Å². The van der Waals surface area contributed by atoms with Gasteiger partial charge in [-0.05, 0) is 56.5 Å². The van der Waals surface area contributed by atoms with Crippen LogP contribution < -0.4 is 10.6 Å². The first-order chi connectivity index (χ1) is 10.8. The van der Waals surface area contributed by atoms with Crippen LogP contribution in [0.2, 0.25) is 0 Å². The molecule has 1 aromatic rings. The summed E-state index contributed by atoms with van der Waals surface area (Å²) < 4.78 is 11.2. The predicted octanol–water partition coefficient (Wildman–Crippen LogP) is 3.08. The minimum atomic E-state index is -0.480. The Kier molecular flexibility index (Phi) is 4.67. The van der Waals surface area contributed by atoms with E-state index in [1.165, 1.54) is 5.56 Å². The Hall–Kier alpha value is -1.11. The van der Waals surface area contributed by atoms with Crippen LogP contribution in [0.3, 0.4) is 0 Å². The second-order valence-electron chi connectivity index (χ2n) is 7.43. The van der Waals surface area contributed by atoms with Crippen LogP contribution in [0.1, 0.15) is 45.7 Å². The molecule has 5 nitrogen and oxygen atoms in total. The monoisotopic (exact) mass is 338 g/mol. The first-order valence-corrected chi connectivity index (χ1v) is 9.19. The summed E-state index contributed by atoms with van der Waals surface area (Å²) in [6, 6.07) is 2.56. The summed E-state index contributed by atoms with van der Waals surface area (Å²) in [6.07, 6.45) is 0.842. The number of thiophene rings is 1. The molecular weight excluding hydrogens is 312 g/mol. The van der Waals surface area contributed by atoms with Crippen LogP contribution in [0.15, 0.2) is 16.8 Å². The van der Waals surface area contributed by atoms with Gasteiger partial charge in [0.05, 0.1) is 18.2 Å². The second kappa shape index (κ2) is 6.42. The average Bonchev–Trinajstić information content (AvgIpc) is 3.10. The zero-order chi connectivity index (χ0) is 16.6. The summed E-state index contributed by atoms with van der Waals surface area (Å²) >= 11 is 1.70. The fourth-order valence-corrected chi connectivity index (χ4v) is 4.21. The van der Waals surface area contributed by atoms with Crippen molar-refractivity contribution in [2.45, 2.75) is 63.9 Å². The van der Waals surface area contributed by atoms with Gasteiger partial charge in [0.1, 0.15) is 5.60 Å². The zero-order valence-electron chi connectivity index (χ0n) is 14.2. The maximum atomic E-state index is 12.1. The van der Waals surface area contributed by atoms with E-state index in [0.717, 1.165) is 13.0 Å². The molecule has 5 unspecified atom stereocenters. The van der Waals surface area contributed by atoms with E-state index in [9.17, 15) is 4.79 Å². The van der Waals surface area contributed by atoms with Crippen LogP contribution in [-0.4, -0.2) is 36.5 Å². The number of hydrogen-bond donors (Lipinski definition) is 2. The number of ether oxygens (including phenoxy) is 2. The summed E-state index contributed by atoms with van der Waals surface area (Å²) in [5.41, 5.74) is 0.791. The minimum Gasteiger partial charge on any atom is -0.444 e. The molecule has 6 heteroatoms. The molecule has 0 bridgehead atoms. The average molecular weight is 338 g/mol. The normalized spacial score (nSPS) is 31.1. The van der Waals surface area contributed by atoms with Crippen molar-refractivity contribution in [3.63, 3.8) is 0 Å². The predicted molar refractivity (Wildman–Crippen MR) is 90.7 cm³/mol. The van der Waals surface area contributed by atoms with Crippen molar-refractivity contribution < 1.29 is 14.3 Å². The molecular formula is C17H26N2O3S. The van der Waals surface area contributed by atoms with Crippen molar-refractivity contribution >= 4 is 17.4 Å². The number of hydrogen-bond acceptors (Lipinski definition) is 5. The molecule has 2 heterocycles. The number of rotatable bonds is 4. The summed E-state index contributed by atoms with van der Waals surface area (Å²) in [4.78, 5) is 12.1. The van der Waals surface area contributed by atoms with Crippen molar-refractivity contribution in [2.75, 3.05) is 6.61 Å². The Morgan fingerprint density at radius 1 is 1.43 bits per heavy atom. The highest BCUT2D eigenvalue weighted by Crippen LogP contribution is 2.40. The summed E-state index contributed by atoms with van der Waals surface area (Å²) in [5, 5.41) is 10.9. The second-order valence-corrected chi connectivity index (χ2v) is 8.21. The fraction of sp³-hybridized carbons (Fsp3) is 0.706. The lowest BCUT2D eigenvalue weighted by Gasteiger charge is -2.49. The van der Waals surface area contributed by atoms with Gasteiger partial charge in [0.25, 0.3) is 0 Å². The Bertz CT molecular complexity index is 541. The number of nitrogens with one attached hydrogen (secondary N) is 2. The van der Waals surface area contributed by atoms with Gasteiger partial charge in [0.2, 0.25) is 0 Å². The molecule has 1 saturated heterocycles. The van der Waals surface area contributed by atoms with Gasteiger partial charge in [-0.15, -0.1) is 0 Å². The highest BCUT2D eigenvalue weighted by atomic mass is 32.1. The van der Waals surface area contributed by atoms with Gasteiger partial charge in [0, 0.05) is 18.6 Å². The lowest BCUT2D eigenvalue weighted by molar-refractivity contribution is -0.0371. The molecule has 23 heavy (non-hydrogen) atoms. The largest absolute Gasteiger partial charge is 0.444 e. The van der Waals surface area contributed by atoms with E-state index >= 15 is 0 Å². The van der Waals surface area contributed by atoms with Crippen molar-refractivity contribution in [1.29, 1.82) is 0 Å². The molecule has 0 aromatic carbocycles. The molecule has 128 valence electrons. The maximum Gasteiger partial charge on any atom is 0.407 e. The Morgan fingerprint density at radius 2 is 2.22 bits per heavy atom. The Labute approximate surface area is 141 Å². The maximum absolute atomic E-state index is 12.1. The smallest absolute Gasteiger partial charge is 0.407 e. The lowest BCUT2D eigenvalue weighted by atomic mass is 9.71. The van der Waals surface area contributed by atoms with Gasteiger partial charge in [-0.1, -0.05) is 0 Å². The number of carbonyl (C=O) groups is 1. The van der Waals surface area contributed by atoms with Gasteiger partial charge in [-0.2, -0.15) is 11.3 Å². The first kappa shape index (κ1) is 16.7. The van der Waals surface area contributed by atoms with Crippen LogP contribution in [0.25, 0.3) is 0 Å². The fourth-order valence-electron chi connectivity index (χ4n) is 3.45. The van der Waals surface area contributed by atoms with Crippen molar-refractivity contribution in [3.05, 3.63) is 22.4 Å². The lowest BCUT2D eigenvalue weighted by Crippen LogP contribution is -2.70. The third kappa shape index (κ3) is 3.70. The summed E-state index contributed by atoms with van der Waals surface area (Å²) in [5.74, 6) is 0.384. The first-order valence-electron chi connectivity index (χ1n) is 8.24. The minimum absolute atomic E-state index is 0.0680. The molecule has 1 aliphatic carbocycles. The molecule has 0 spiro atoms. The zero-order valence-corrected chi connectivity index (χ0v) is 15.0. The third-order valence-electron chi connectivity index (χ3n) is 4.55. The van der Waals surface area contributed by atoms with Gasteiger partial charge in [-0.25, -0.2) is 4.79 Å². The van der Waals surface area contributed by atoms with Crippen molar-refractivity contribution in [1.82, 2.24) is 10.6 Å². The quantitative estimate of drug-likeness (QED) is 0.886. The van der Waals surface area contributed by atoms with Crippen LogP contribution in [0.5, 0.6) is 0 Å². The van der Waals surface area contributed by atoms with E-state index in [-0.39, 0.29) is 30.3 Å². The molecule has 3 rings (SSSR count). The van der Waals surface area contributed by atoms with Crippen LogP contribution >= 0.6 is 11.3 Å². The highest BCUT2D eigenvalue weighted by molar-refractivity contribution is 7.07. The van der Waals surface area contributed by atoms with E-state index in [0.29, 0.717) is 5.92 Å². The number of fused-ring (bicyclic) bond motifs is 1. The Morgan fingerprint density at radius 3 is 2.87 bits per heavy atom. The molecule has 1 aromatic heterocycles. The topological polar surface area (TPSA) is 59.6 Å². The molecule has 2 fully saturated rings. The molecule has 0 radical (unpaired) electrons. The summed E-state index contributed by atoms with van der Waals surface area (Å²) in [6.45, 7) is 8.55. The van der Waals surface area contributed by atoms with E-state index < -0.39 is 5.60 Å². The molecule has 2 aliphatic rings. The standard InChI is InChI=1S/C17H26N2O3S/c1-10(11-6-8-23-9-11)18-14-13(12-5-7-21-15(12)14)19-16(20)22-17(2,3)4/h6,8-10,12-15,18H,5,7H2,1-4H3,(H,19,20). The van der Waals surface area contributed by atoms with Crippen LogP contribution in [0.4, 0.5) is 4.79 Å². The van der Waals surface area contributed by atoms with Crippen LogP contribution in [-0.2, 0) is 9.47 Å². The number of amides is 1. The van der Waals surface area contributed by atoms with Gasteiger partial charge in [0.15, 0.2) is 0 Å². The third-order valence-corrected chi connectivity index (χ3v) is 5.26. The SMILES string of the molecule is CC(NC1C(NC(=O)OC(C)(C)C)C2CCOC21)c1ccsc1. The Balaban J connectivity index is 1.62. The van der Waals surface area contributed by atoms with E-state index in [1.807, 2.05) is 20.8 Å². The molecule has 1 saturated carbocycles. The van der Waals surface area contributed by atoms with E-state index in [1.54, 1.807) is 11.3 Å². The van der Waals surface area contributed by atoms with Gasteiger partial charge in [-0.3, -0.25) is 0 Å². The molecule has 5 atom stereocenters. The summed E-state index contributed by atoms with van der Waals surface area (Å²) in [7, 11) is 0. The van der Waals surface area contributed by atoms with Gasteiger partial charge < -0.3 is 20.1 Å². The molecule has 1 amide bonds. The molecule has 2 N–H and O–H groups in total. The number of carbonyl (C=O) groups excluding carboxylic acids is 1. The van der Waals surface area contributed by atoms with E-state index in [2.05, 4.69) is 34.4 Å². The van der Waals surface area contributed by atoms with E-state index in [4.69, 9.17) is 9.47 Å². The molecule has 1 aliphatic heterocycles.